The van der Waals surface area contributed by atoms with E-state index in [1.54, 1.807) is 0 Å². The third-order valence-corrected chi connectivity index (χ3v) is 3.84. The van der Waals surface area contributed by atoms with Crippen LogP contribution >= 0.6 is 0 Å². The van der Waals surface area contributed by atoms with Crippen LogP contribution in [0.25, 0.3) is 0 Å². The van der Waals surface area contributed by atoms with Gasteiger partial charge in [-0.25, -0.2) is 0 Å². The number of anilines is 1. The summed E-state index contributed by atoms with van der Waals surface area (Å²) in [5, 5.41) is 6.51. The molecule has 2 aliphatic rings. The minimum atomic E-state index is 0.188. The zero-order valence-corrected chi connectivity index (χ0v) is 10.6. The van der Waals surface area contributed by atoms with Gasteiger partial charge in [-0.1, -0.05) is 18.6 Å². The molecule has 2 N–H and O–H groups in total. The Labute approximate surface area is 108 Å². The fourth-order valence-electron chi connectivity index (χ4n) is 2.22. The SMILES string of the molecule is O=C(Nc1cccc(CNC2CC2)c1)C1CCC1. The molecule has 2 saturated carbocycles. The fourth-order valence-corrected chi connectivity index (χ4v) is 2.22. The average molecular weight is 244 g/mol. The van der Waals surface area contributed by atoms with Crippen LogP contribution in [0.3, 0.4) is 0 Å². The highest BCUT2D eigenvalue weighted by Gasteiger charge is 2.25. The van der Waals surface area contributed by atoms with E-state index in [9.17, 15) is 4.79 Å². The summed E-state index contributed by atoms with van der Waals surface area (Å²) >= 11 is 0. The lowest BCUT2D eigenvalue weighted by molar-refractivity contribution is -0.122. The molecular weight excluding hydrogens is 224 g/mol. The second-order valence-electron chi connectivity index (χ2n) is 5.47. The van der Waals surface area contributed by atoms with E-state index in [0.29, 0.717) is 0 Å². The number of hydrogen-bond acceptors (Lipinski definition) is 2. The third kappa shape index (κ3) is 2.91. The molecule has 0 saturated heterocycles. The minimum Gasteiger partial charge on any atom is -0.326 e. The predicted molar refractivity (Wildman–Crippen MR) is 72.3 cm³/mol. The van der Waals surface area contributed by atoms with Crippen LogP contribution < -0.4 is 10.6 Å². The van der Waals surface area contributed by atoms with E-state index in [-0.39, 0.29) is 11.8 Å². The summed E-state index contributed by atoms with van der Waals surface area (Å²) in [7, 11) is 0. The second-order valence-corrected chi connectivity index (χ2v) is 5.47. The third-order valence-electron chi connectivity index (χ3n) is 3.84. The topological polar surface area (TPSA) is 41.1 Å². The molecule has 0 spiro atoms. The lowest BCUT2D eigenvalue weighted by Gasteiger charge is -2.24. The van der Waals surface area contributed by atoms with Crippen molar-refractivity contribution in [3.63, 3.8) is 0 Å². The van der Waals surface area contributed by atoms with Crippen molar-refractivity contribution in [2.45, 2.75) is 44.7 Å². The standard InChI is InChI=1S/C15H20N2O/c18-15(12-4-2-5-12)17-14-6-1-3-11(9-14)10-16-13-7-8-13/h1,3,6,9,12-13,16H,2,4-5,7-8,10H2,(H,17,18). The molecular formula is C15H20N2O. The van der Waals surface area contributed by atoms with Crippen LogP contribution in [0.2, 0.25) is 0 Å². The quantitative estimate of drug-likeness (QED) is 0.836. The van der Waals surface area contributed by atoms with E-state index >= 15 is 0 Å². The molecule has 0 aliphatic heterocycles. The Kier molecular flexibility index (Phi) is 3.33. The summed E-state index contributed by atoms with van der Waals surface area (Å²) in [5.41, 5.74) is 2.18. The van der Waals surface area contributed by atoms with Gasteiger partial charge in [0.25, 0.3) is 0 Å². The Morgan fingerprint density at radius 2 is 2.06 bits per heavy atom. The number of benzene rings is 1. The van der Waals surface area contributed by atoms with E-state index in [1.165, 1.54) is 24.8 Å². The molecule has 0 bridgehead atoms. The summed E-state index contributed by atoms with van der Waals surface area (Å²) in [6, 6.07) is 8.89. The maximum Gasteiger partial charge on any atom is 0.227 e. The molecule has 1 aromatic carbocycles. The molecule has 0 radical (unpaired) electrons. The van der Waals surface area contributed by atoms with Gasteiger partial charge in [0.05, 0.1) is 0 Å². The van der Waals surface area contributed by atoms with E-state index < -0.39 is 0 Å². The van der Waals surface area contributed by atoms with Gasteiger partial charge in [-0.3, -0.25) is 4.79 Å². The van der Waals surface area contributed by atoms with Gasteiger partial charge in [-0.2, -0.15) is 0 Å². The van der Waals surface area contributed by atoms with Gasteiger partial charge in [0.2, 0.25) is 5.91 Å². The molecule has 0 aromatic heterocycles. The minimum absolute atomic E-state index is 0.188. The number of nitrogens with one attached hydrogen (secondary N) is 2. The van der Waals surface area contributed by atoms with E-state index in [0.717, 1.165) is 31.1 Å². The zero-order valence-electron chi connectivity index (χ0n) is 10.6. The maximum atomic E-state index is 11.9. The van der Waals surface area contributed by atoms with E-state index in [2.05, 4.69) is 22.8 Å². The van der Waals surface area contributed by atoms with Crippen molar-refractivity contribution in [3.05, 3.63) is 29.8 Å². The molecule has 18 heavy (non-hydrogen) atoms. The van der Waals surface area contributed by atoms with Gasteiger partial charge in [0, 0.05) is 24.2 Å². The lowest BCUT2D eigenvalue weighted by Crippen LogP contribution is -2.28. The number of amides is 1. The van der Waals surface area contributed by atoms with Crippen LogP contribution in [-0.2, 0) is 11.3 Å². The van der Waals surface area contributed by atoms with Gasteiger partial charge in [-0.15, -0.1) is 0 Å². The lowest BCUT2D eigenvalue weighted by atomic mass is 9.85. The first-order chi connectivity index (χ1) is 8.81. The van der Waals surface area contributed by atoms with Crippen molar-refractivity contribution in [1.29, 1.82) is 0 Å². The van der Waals surface area contributed by atoms with Crippen LogP contribution in [0.5, 0.6) is 0 Å². The molecule has 2 aliphatic carbocycles. The van der Waals surface area contributed by atoms with E-state index in [1.807, 2.05) is 12.1 Å². The first-order valence-electron chi connectivity index (χ1n) is 6.94. The Bertz CT molecular complexity index is 436. The number of carbonyl (C=O) groups excluding carboxylic acids is 1. The highest BCUT2D eigenvalue weighted by molar-refractivity contribution is 5.93. The molecule has 3 nitrogen and oxygen atoms in total. The zero-order chi connectivity index (χ0) is 12.4. The Morgan fingerprint density at radius 3 is 2.72 bits per heavy atom. The van der Waals surface area contributed by atoms with Gasteiger partial charge >= 0.3 is 0 Å². The first-order valence-corrected chi connectivity index (χ1v) is 6.94. The highest BCUT2D eigenvalue weighted by Crippen LogP contribution is 2.27. The summed E-state index contributed by atoms with van der Waals surface area (Å²) in [6.45, 7) is 0.901. The van der Waals surface area contributed by atoms with Gasteiger partial charge < -0.3 is 10.6 Å². The van der Waals surface area contributed by atoms with E-state index in [4.69, 9.17) is 0 Å². The summed E-state index contributed by atoms with van der Waals surface area (Å²) in [5.74, 6) is 0.437. The molecule has 0 unspecified atom stereocenters. The van der Waals surface area contributed by atoms with Gasteiger partial charge in [0.1, 0.15) is 0 Å². The normalized spacial score (nSPS) is 19.3. The van der Waals surface area contributed by atoms with Crippen LogP contribution in [0.4, 0.5) is 5.69 Å². The van der Waals surface area contributed by atoms with Gasteiger partial charge in [-0.05, 0) is 43.4 Å². The summed E-state index contributed by atoms with van der Waals surface area (Å²) < 4.78 is 0. The Balaban J connectivity index is 1.56. The predicted octanol–water partition coefficient (Wildman–Crippen LogP) is 2.68. The van der Waals surface area contributed by atoms with Crippen LogP contribution in [0.15, 0.2) is 24.3 Å². The summed E-state index contributed by atoms with van der Waals surface area (Å²) in [4.78, 5) is 11.9. The average Bonchev–Trinajstić information content (AvgIpc) is 3.08. The fraction of sp³-hybridized carbons (Fsp3) is 0.533. The summed E-state index contributed by atoms with van der Waals surface area (Å²) in [6.07, 6.45) is 5.91. The largest absolute Gasteiger partial charge is 0.326 e. The number of carbonyl (C=O) groups is 1. The molecule has 3 rings (SSSR count). The van der Waals surface area contributed by atoms with Crippen LogP contribution in [0.1, 0.15) is 37.7 Å². The number of hydrogen-bond donors (Lipinski definition) is 2. The Morgan fingerprint density at radius 1 is 1.22 bits per heavy atom. The second kappa shape index (κ2) is 5.11. The van der Waals surface area contributed by atoms with Crippen molar-refractivity contribution < 1.29 is 4.79 Å². The highest BCUT2D eigenvalue weighted by atomic mass is 16.1. The molecule has 1 aromatic rings. The van der Waals surface area contributed by atoms with Crippen LogP contribution in [-0.4, -0.2) is 11.9 Å². The van der Waals surface area contributed by atoms with Crippen molar-refractivity contribution in [2.75, 3.05) is 5.32 Å². The van der Waals surface area contributed by atoms with Crippen LogP contribution in [0, 0.1) is 5.92 Å². The molecule has 2 fully saturated rings. The Hall–Kier alpha value is -1.35. The number of rotatable bonds is 5. The molecule has 0 heterocycles. The van der Waals surface area contributed by atoms with Crippen molar-refractivity contribution in [3.8, 4) is 0 Å². The van der Waals surface area contributed by atoms with Crippen molar-refractivity contribution in [1.82, 2.24) is 5.32 Å². The van der Waals surface area contributed by atoms with Crippen molar-refractivity contribution in [2.24, 2.45) is 5.92 Å². The maximum absolute atomic E-state index is 11.9. The van der Waals surface area contributed by atoms with Gasteiger partial charge in [0.15, 0.2) is 0 Å². The first kappa shape index (κ1) is 11.7. The molecule has 1 amide bonds. The molecule has 3 heteroatoms. The molecule has 96 valence electrons. The van der Waals surface area contributed by atoms with Crippen molar-refractivity contribution >= 4 is 11.6 Å². The molecule has 0 atom stereocenters. The smallest absolute Gasteiger partial charge is 0.227 e. The monoisotopic (exact) mass is 244 g/mol.